The Kier molecular flexibility index (Phi) is 6.13. The summed E-state index contributed by atoms with van der Waals surface area (Å²) < 4.78 is 1.19. The lowest BCUT2D eigenvalue weighted by atomic mass is 10.2. The average Bonchev–Trinajstić information content (AvgIpc) is 2.55. The topological polar surface area (TPSA) is 29.1 Å². The molecule has 18 heavy (non-hydrogen) atoms. The molecular weight excluding hydrogens is 224 g/mol. The molecule has 0 radical (unpaired) electrons. The minimum atomic E-state index is 0.0987. The number of nitrogens with zero attached hydrogens (tertiary/aromatic N) is 1. The zero-order valence-electron chi connectivity index (χ0n) is 12.7. The van der Waals surface area contributed by atoms with Crippen molar-refractivity contribution in [1.29, 1.82) is 0 Å². The Morgan fingerprint density at radius 1 is 1.06 bits per heavy atom. The minimum absolute atomic E-state index is 0.0987. The standard InChI is InChI=1S/C15H30N2O/c1-13(2)15(18)16-9-12-17(14(3)4)10-7-5-6-8-11-17/h13-14H,5-12H2,1-4H3/p+1. The zero-order chi connectivity index (χ0) is 13.6. The second-order valence-corrected chi connectivity index (χ2v) is 6.34. The van der Waals surface area contributed by atoms with Crippen LogP contribution < -0.4 is 5.32 Å². The molecule has 1 aliphatic rings. The number of carbonyl (C=O) groups excluding carboxylic acids is 1. The van der Waals surface area contributed by atoms with Crippen LogP contribution in [0.1, 0.15) is 53.4 Å². The SMILES string of the molecule is CC(C)C(=O)NCC[N+]1(C(C)C)CCCCCC1. The second-order valence-electron chi connectivity index (χ2n) is 6.34. The van der Waals surface area contributed by atoms with Gasteiger partial charge in [0.1, 0.15) is 0 Å². The van der Waals surface area contributed by atoms with Gasteiger partial charge in [-0.1, -0.05) is 13.8 Å². The van der Waals surface area contributed by atoms with Crippen molar-refractivity contribution in [1.82, 2.24) is 5.32 Å². The quantitative estimate of drug-likeness (QED) is 0.752. The summed E-state index contributed by atoms with van der Waals surface area (Å²) >= 11 is 0. The first-order valence-electron chi connectivity index (χ1n) is 7.61. The summed E-state index contributed by atoms with van der Waals surface area (Å²) in [6.07, 6.45) is 5.45. The molecule has 0 aromatic rings. The number of hydrogen-bond acceptors (Lipinski definition) is 1. The molecular formula is C15H31N2O+. The smallest absolute Gasteiger partial charge is 0.222 e. The van der Waals surface area contributed by atoms with E-state index < -0.39 is 0 Å². The number of amides is 1. The third kappa shape index (κ3) is 4.27. The molecule has 1 amide bonds. The number of carbonyl (C=O) groups is 1. The van der Waals surface area contributed by atoms with Crippen molar-refractivity contribution >= 4 is 5.91 Å². The van der Waals surface area contributed by atoms with Crippen molar-refractivity contribution < 1.29 is 9.28 Å². The van der Waals surface area contributed by atoms with Crippen molar-refractivity contribution in [2.75, 3.05) is 26.2 Å². The van der Waals surface area contributed by atoms with Gasteiger partial charge in [0.2, 0.25) is 5.91 Å². The molecule has 1 fully saturated rings. The highest BCUT2D eigenvalue weighted by Gasteiger charge is 2.31. The summed E-state index contributed by atoms with van der Waals surface area (Å²) in [5.41, 5.74) is 0. The maximum atomic E-state index is 11.6. The van der Waals surface area contributed by atoms with Crippen LogP contribution in [0, 0.1) is 5.92 Å². The Hall–Kier alpha value is -0.570. The van der Waals surface area contributed by atoms with Crippen LogP contribution in [0.4, 0.5) is 0 Å². The van der Waals surface area contributed by atoms with E-state index in [4.69, 9.17) is 0 Å². The third-order valence-corrected chi connectivity index (χ3v) is 4.43. The molecule has 3 heteroatoms. The monoisotopic (exact) mass is 255 g/mol. The number of quaternary nitrogens is 1. The molecule has 3 nitrogen and oxygen atoms in total. The molecule has 0 atom stereocenters. The second kappa shape index (κ2) is 7.13. The van der Waals surface area contributed by atoms with E-state index in [0.717, 1.165) is 13.1 Å². The number of rotatable bonds is 5. The van der Waals surface area contributed by atoms with Crippen LogP contribution in [0.15, 0.2) is 0 Å². The van der Waals surface area contributed by atoms with E-state index in [1.54, 1.807) is 0 Å². The fraction of sp³-hybridized carbons (Fsp3) is 0.933. The van der Waals surface area contributed by atoms with Gasteiger partial charge in [0.25, 0.3) is 0 Å². The lowest BCUT2D eigenvalue weighted by Gasteiger charge is -2.42. The van der Waals surface area contributed by atoms with Crippen LogP contribution in [0.5, 0.6) is 0 Å². The summed E-state index contributed by atoms with van der Waals surface area (Å²) in [6, 6.07) is 0.666. The number of likely N-dealkylation sites (tertiary alicyclic amines) is 1. The molecule has 0 spiro atoms. The Bertz CT molecular complexity index is 253. The van der Waals surface area contributed by atoms with E-state index in [9.17, 15) is 4.79 Å². The van der Waals surface area contributed by atoms with E-state index >= 15 is 0 Å². The predicted octanol–water partition coefficient (Wildman–Crippen LogP) is 2.56. The van der Waals surface area contributed by atoms with Gasteiger partial charge in [0, 0.05) is 5.92 Å². The van der Waals surface area contributed by atoms with Crippen molar-refractivity contribution in [2.45, 2.75) is 59.4 Å². The fourth-order valence-electron chi connectivity index (χ4n) is 2.92. The summed E-state index contributed by atoms with van der Waals surface area (Å²) in [5.74, 6) is 0.286. The summed E-state index contributed by atoms with van der Waals surface area (Å²) in [6.45, 7) is 13.1. The lowest BCUT2D eigenvalue weighted by Crippen LogP contribution is -2.56. The largest absolute Gasteiger partial charge is 0.350 e. The molecule has 1 N–H and O–H groups in total. The van der Waals surface area contributed by atoms with Gasteiger partial charge >= 0.3 is 0 Å². The first kappa shape index (κ1) is 15.5. The number of nitrogens with one attached hydrogen (secondary N) is 1. The Labute approximate surface area is 113 Å². The van der Waals surface area contributed by atoms with Crippen LogP contribution in [0.25, 0.3) is 0 Å². The van der Waals surface area contributed by atoms with Crippen molar-refractivity contribution in [3.05, 3.63) is 0 Å². The molecule has 0 unspecified atom stereocenters. The van der Waals surface area contributed by atoms with Crippen LogP contribution in [0.3, 0.4) is 0 Å². The van der Waals surface area contributed by atoms with Gasteiger partial charge in [-0.15, -0.1) is 0 Å². The van der Waals surface area contributed by atoms with E-state index in [1.165, 1.54) is 43.3 Å². The van der Waals surface area contributed by atoms with Gasteiger partial charge in [-0.3, -0.25) is 4.79 Å². The maximum Gasteiger partial charge on any atom is 0.222 e. The van der Waals surface area contributed by atoms with Gasteiger partial charge in [-0.25, -0.2) is 0 Å². The lowest BCUT2D eigenvalue weighted by molar-refractivity contribution is -0.946. The highest BCUT2D eigenvalue weighted by Crippen LogP contribution is 2.21. The highest BCUT2D eigenvalue weighted by molar-refractivity contribution is 5.77. The number of hydrogen-bond donors (Lipinski definition) is 1. The van der Waals surface area contributed by atoms with Gasteiger partial charge in [0.05, 0.1) is 32.2 Å². The molecule has 1 heterocycles. The zero-order valence-corrected chi connectivity index (χ0v) is 12.7. The summed E-state index contributed by atoms with van der Waals surface area (Å²) in [5, 5.41) is 3.07. The van der Waals surface area contributed by atoms with Crippen LogP contribution in [-0.4, -0.2) is 42.6 Å². The van der Waals surface area contributed by atoms with Crippen LogP contribution >= 0.6 is 0 Å². The Balaban J connectivity index is 2.49. The molecule has 1 saturated heterocycles. The van der Waals surface area contributed by atoms with Crippen LogP contribution in [-0.2, 0) is 4.79 Å². The van der Waals surface area contributed by atoms with Crippen LogP contribution in [0.2, 0.25) is 0 Å². The Morgan fingerprint density at radius 3 is 2.06 bits per heavy atom. The van der Waals surface area contributed by atoms with Gasteiger partial charge in [0.15, 0.2) is 0 Å². The normalized spacial score (nSPS) is 19.9. The van der Waals surface area contributed by atoms with Crippen molar-refractivity contribution in [3.8, 4) is 0 Å². The average molecular weight is 255 g/mol. The molecule has 0 aromatic heterocycles. The minimum Gasteiger partial charge on any atom is -0.350 e. The van der Waals surface area contributed by atoms with E-state index in [-0.39, 0.29) is 11.8 Å². The predicted molar refractivity (Wildman–Crippen MR) is 76.3 cm³/mol. The molecule has 0 bridgehead atoms. The highest BCUT2D eigenvalue weighted by atomic mass is 16.1. The molecule has 1 rings (SSSR count). The fourth-order valence-corrected chi connectivity index (χ4v) is 2.92. The summed E-state index contributed by atoms with van der Waals surface area (Å²) in [4.78, 5) is 11.6. The van der Waals surface area contributed by atoms with E-state index in [1.807, 2.05) is 13.8 Å². The van der Waals surface area contributed by atoms with Gasteiger partial charge in [-0.2, -0.15) is 0 Å². The molecule has 0 saturated carbocycles. The molecule has 0 aromatic carbocycles. The van der Waals surface area contributed by atoms with E-state index in [0.29, 0.717) is 6.04 Å². The van der Waals surface area contributed by atoms with Crippen molar-refractivity contribution in [2.24, 2.45) is 5.92 Å². The molecule has 106 valence electrons. The van der Waals surface area contributed by atoms with Gasteiger partial charge in [-0.05, 0) is 39.5 Å². The van der Waals surface area contributed by atoms with Gasteiger partial charge < -0.3 is 9.80 Å². The molecule has 1 aliphatic heterocycles. The van der Waals surface area contributed by atoms with Crippen molar-refractivity contribution in [3.63, 3.8) is 0 Å². The first-order valence-corrected chi connectivity index (χ1v) is 7.61. The van der Waals surface area contributed by atoms with E-state index in [2.05, 4.69) is 19.2 Å². The summed E-state index contributed by atoms with van der Waals surface area (Å²) in [7, 11) is 0. The first-order chi connectivity index (χ1) is 8.48. The maximum absolute atomic E-state index is 11.6. The third-order valence-electron chi connectivity index (χ3n) is 4.43. The Morgan fingerprint density at radius 2 is 1.61 bits per heavy atom. The molecule has 0 aliphatic carbocycles.